The van der Waals surface area contributed by atoms with Gasteiger partial charge in [0.25, 0.3) is 0 Å². The summed E-state index contributed by atoms with van der Waals surface area (Å²) in [4.78, 5) is 3.65. The van der Waals surface area contributed by atoms with Crippen LogP contribution in [0.2, 0.25) is 0 Å². The molecule has 0 spiro atoms. The fourth-order valence-electron chi connectivity index (χ4n) is 1.83. The van der Waals surface area contributed by atoms with Gasteiger partial charge in [-0.25, -0.2) is 0 Å². The Morgan fingerprint density at radius 3 is 2.94 bits per heavy atom. The van der Waals surface area contributed by atoms with Crippen molar-refractivity contribution in [1.29, 1.82) is 5.26 Å². The molecule has 1 aliphatic heterocycles. The van der Waals surface area contributed by atoms with Gasteiger partial charge in [-0.15, -0.1) is 23.1 Å². The van der Waals surface area contributed by atoms with E-state index in [1.807, 2.05) is 6.26 Å². The standard InChI is InChI=1S/C10H13N3OS2/c1-15-9-8(12)7(4-11)16-10(9)13-3-2-6(14)5-13/h6,14H,2-3,5,12H2,1H3. The van der Waals surface area contributed by atoms with Gasteiger partial charge in [-0.05, 0) is 12.7 Å². The number of β-amino-alcohol motifs (C(OH)–C–C–N with tert-alkyl or cyclic N) is 1. The Morgan fingerprint density at radius 2 is 2.44 bits per heavy atom. The molecule has 1 aliphatic rings. The third-order valence-corrected chi connectivity index (χ3v) is 4.76. The van der Waals surface area contributed by atoms with E-state index in [9.17, 15) is 5.11 Å². The van der Waals surface area contributed by atoms with Gasteiger partial charge in [0, 0.05) is 13.1 Å². The number of thiophene rings is 1. The van der Waals surface area contributed by atoms with Crippen LogP contribution in [0.5, 0.6) is 0 Å². The number of nitriles is 1. The molecule has 2 rings (SSSR count). The van der Waals surface area contributed by atoms with Crippen LogP contribution in [0.4, 0.5) is 10.7 Å². The summed E-state index contributed by atoms with van der Waals surface area (Å²) < 4.78 is 0. The zero-order chi connectivity index (χ0) is 11.7. The zero-order valence-electron chi connectivity index (χ0n) is 8.93. The van der Waals surface area contributed by atoms with Crippen molar-refractivity contribution in [2.75, 3.05) is 30.0 Å². The molecule has 0 bridgehead atoms. The van der Waals surface area contributed by atoms with Gasteiger partial charge >= 0.3 is 0 Å². The minimum absolute atomic E-state index is 0.261. The fourth-order valence-corrected chi connectivity index (χ4v) is 3.84. The van der Waals surface area contributed by atoms with E-state index in [2.05, 4.69) is 11.0 Å². The predicted molar refractivity (Wildman–Crippen MR) is 68.1 cm³/mol. The summed E-state index contributed by atoms with van der Waals surface area (Å²) >= 11 is 2.98. The van der Waals surface area contributed by atoms with Gasteiger partial charge in [0.05, 0.1) is 16.7 Å². The second kappa shape index (κ2) is 4.53. The minimum atomic E-state index is -0.261. The van der Waals surface area contributed by atoms with Crippen molar-refractivity contribution >= 4 is 33.8 Å². The van der Waals surface area contributed by atoms with E-state index in [0.717, 1.165) is 22.9 Å². The van der Waals surface area contributed by atoms with E-state index < -0.39 is 0 Å². The monoisotopic (exact) mass is 255 g/mol. The zero-order valence-corrected chi connectivity index (χ0v) is 10.6. The summed E-state index contributed by atoms with van der Waals surface area (Å²) in [5.74, 6) is 0. The Kier molecular flexibility index (Phi) is 3.28. The smallest absolute Gasteiger partial charge is 0.131 e. The third kappa shape index (κ3) is 1.86. The number of hydrogen-bond donors (Lipinski definition) is 2. The second-order valence-electron chi connectivity index (χ2n) is 3.68. The molecule has 86 valence electrons. The first-order valence-corrected chi connectivity index (χ1v) is 7.00. The van der Waals surface area contributed by atoms with Crippen LogP contribution in [-0.2, 0) is 0 Å². The highest BCUT2D eigenvalue weighted by atomic mass is 32.2. The Morgan fingerprint density at radius 1 is 1.69 bits per heavy atom. The lowest BCUT2D eigenvalue weighted by atomic mass is 10.3. The number of hydrogen-bond acceptors (Lipinski definition) is 6. The number of thioether (sulfide) groups is 1. The maximum atomic E-state index is 9.52. The number of nitrogens with zero attached hydrogens (tertiary/aromatic N) is 2. The van der Waals surface area contributed by atoms with Crippen molar-refractivity contribution in [3.8, 4) is 6.07 Å². The summed E-state index contributed by atoms with van der Waals surface area (Å²) in [5.41, 5.74) is 6.49. The molecule has 2 heterocycles. The van der Waals surface area contributed by atoms with Gasteiger partial charge in [-0.2, -0.15) is 5.26 Å². The molecule has 1 aromatic rings. The van der Waals surface area contributed by atoms with Gasteiger partial charge < -0.3 is 15.7 Å². The summed E-state index contributed by atoms with van der Waals surface area (Å²) in [6.07, 6.45) is 2.48. The topological polar surface area (TPSA) is 73.3 Å². The van der Waals surface area contributed by atoms with Gasteiger partial charge in [0.2, 0.25) is 0 Å². The lowest BCUT2D eigenvalue weighted by Gasteiger charge is -2.16. The maximum absolute atomic E-state index is 9.52. The lowest BCUT2D eigenvalue weighted by molar-refractivity contribution is 0.198. The van der Waals surface area contributed by atoms with Gasteiger partial charge in [0.15, 0.2) is 0 Å². The molecule has 3 N–H and O–H groups in total. The molecule has 0 radical (unpaired) electrons. The molecule has 1 aromatic heterocycles. The van der Waals surface area contributed by atoms with Crippen molar-refractivity contribution in [2.24, 2.45) is 0 Å². The van der Waals surface area contributed by atoms with Crippen LogP contribution in [0.25, 0.3) is 0 Å². The molecule has 1 atom stereocenters. The molecule has 0 amide bonds. The highest BCUT2D eigenvalue weighted by molar-refractivity contribution is 7.99. The lowest BCUT2D eigenvalue weighted by Crippen LogP contribution is -2.20. The molecule has 1 saturated heterocycles. The van der Waals surface area contributed by atoms with Crippen LogP contribution in [-0.4, -0.2) is 30.6 Å². The summed E-state index contributed by atoms with van der Waals surface area (Å²) in [6, 6.07) is 2.12. The van der Waals surface area contributed by atoms with Crippen molar-refractivity contribution in [3.05, 3.63) is 4.88 Å². The van der Waals surface area contributed by atoms with E-state index in [1.54, 1.807) is 11.8 Å². The Labute approximate surface area is 103 Å². The molecule has 0 aliphatic carbocycles. The minimum Gasteiger partial charge on any atom is -0.396 e. The number of aliphatic hydroxyl groups is 1. The highest BCUT2D eigenvalue weighted by Crippen LogP contribution is 2.44. The fraction of sp³-hybridized carbons (Fsp3) is 0.500. The second-order valence-corrected chi connectivity index (χ2v) is 5.50. The first kappa shape index (κ1) is 11.6. The number of nitrogen functional groups attached to an aromatic ring is 1. The number of nitrogens with two attached hydrogens (primary N) is 1. The molecule has 1 fully saturated rings. The molecule has 1 unspecified atom stereocenters. The first-order valence-electron chi connectivity index (χ1n) is 4.96. The van der Waals surface area contributed by atoms with E-state index in [0.29, 0.717) is 17.1 Å². The molecular weight excluding hydrogens is 242 g/mol. The van der Waals surface area contributed by atoms with E-state index in [4.69, 9.17) is 11.0 Å². The van der Waals surface area contributed by atoms with E-state index in [1.165, 1.54) is 11.3 Å². The van der Waals surface area contributed by atoms with Crippen LogP contribution in [0.3, 0.4) is 0 Å². The average molecular weight is 255 g/mol. The van der Waals surface area contributed by atoms with Crippen LogP contribution in [0.15, 0.2) is 4.90 Å². The van der Waals surface area contributed by atoms with Crippen LogP contribution < -0.4 is 10.6 Å². The van der Waals surface area contributed by atoms with Crippen molar-refractivity contribution in [1.82, 2.24) is 0 Å². The van der Waals surface area contributed by atoms with Crippen molar-refractivity contribution in [2.45, 2.75) is 17.4 Å². The maximum Gasteiger partial charge on any atom is 0.131 e. The Hall–Kier alpha value is -0.900. The normalized spacial score (nSPS) is 20.1. The van der Waals surface area contributed by atoms with Crippen LogP contribution >= 0.6 is 23.1 Å². The molecule has 0 saturated carbocycles. The molecule has 4 nitrogen and oxygen atoms in total. The summed E-state index contributed by atoms with van der Waals surface area (Å²) in [6.45, 7) is 1.47. The van der Waals surface area contributed by atoms with Crippen LogP contribution in [0, 0.1) is 11.3 Å². The van der Waals surface area contributed by atoms with Gasteiger partial charge in [0.1, 0.15) is 15.9 Å². The van der Waals surface area contributed by atoms with E-state index in [-0.39, 0.29) is 6.10 Å². The highest BCUT2D eigenvalue weighted by Gasteiger charge is 2.26. The molecule has 0 aromatic carbocycles. The SMILES string of the molecule is CSc1c(N2CCC(O)C2)sc(C#N)c1N. The van der Waals surface area contributed by atoms with Gasteiger partial charge in [-0.3, -0.25) is 0 Å². The average Bonchev–Trinajstić information content (AvgIpc) is 2.82. The summed E-state index contributed by atoms with van der Waals surface area (Å²) in [7, 11) is 0. The number of anilines is 2. The molecular formula is C10H13N3OS2. The Bertz CT molecular complexity index is 438. The molecule has 6 heteroatoms. The number of rotatable bonds is 2. The Balaban J connectivity index is 2.37. The van der Waals surface area contributed by atoms with Crippen LogP contribution in [0.1, 0.15) is 11.3 Å². The van der Waals surface area contributed by atoms with Gasteiger partial charge in [-0.1, -0.05) is 0 Å². The molecule has 16 heavy (non-hydrogen) atoms. The number of aliphatic hydroxyl groups excluding tert-OH is 1. The third-order valence-electron chi connectivity index (χ3n) is 2.64. The van der Waals surface area contributed by atoms with Crippen molar-refractivity contribution < 1.29 is 5.11 Å². The van der Waals surface area contributed by atoms with Crippen molar-refractivity contribution in [3.63, 3.8) is 0 Å². The quantitative estimate of drug-likeness (QED) is 0.783. The first-order chi connectivity index (χ1) is 7.67. The van der Waals surface area contributed by atoms with E-state index >= 15 is 0 Å². The predicted octanol–water partition coefficient (Wildman–Crippen LogP) is 1.49. The summed E-state index contributed by atoms with van der Waals surface area (Å²) in [5, 5.41) is 19.5. The largest absolute Gasteiger partial charge is 0.396 e.